The third-order valence-corrected chi connectivity index (χ3v) is 1.79. The molecule has 0 radical (unpaired) electrons. The summed E-state index contributed by atoms with van der Waals surface area (Å²) in [5, 5.41) is 0.650. The normalized spacial score (nSPS) is 9.00. The van der Waals surface area contributed by atoms with Gasteiger partial charge in [-0.05, 0) is 31.0 Å². The zero-order valence-electron chi connectivity index (χ0n) is 6.52. The first-order valence-corrected chi connectivity index (χ1v) is 3.51. The van der Waals surface area contributed by atoms with Crippen molar-refractivity contribution in [2.45, 2.75) is 13.8 Å². The van der Waals surface area contributed by atoms with Crippen molar-refractivity contribution in [2.24, 2.45) is 0 Å². The van der Waals surface area contributed by atoms with Crippen LogP contribution in [0.1, 0.15) is 11.1 Å². The first-order chi connectivity index (χ1) is 4.61. The summed E-state index contributed by atoms with van der Waals surface area (Å²) >= 11 is 5.79. The smallest absolute Gasteiger partial charge is 0.0640 e. The van der Waals surface area contributed by atoms with Crippen molar-refractivity contribution >= 4 is 29.7 Å². The predicted molar refractivity (Wildman–Crippen MR) is 52.6 cm³/mol. The molecular formula is C8H11Cl2N. The van der Waals surface area contributed by atoms with E-state index >= 15 is 0 Å². The number of hydrogen-bond donors (Lipinski definition) is 1. The largest absolute Gasteiger partial charge is 0.397 e. The Balaban J connectivity index is 0.000001000. The summed E-state index contributed by atoms with van der Waals surface area (Å²) in [6, 6.07) is 3.88. The number of anilines is 1. The third-order valence-electron chi connectivity index (χ3n) is 1.48. The van der Waals surface area contributed by atoms with Gasteiger partial charge in [-0.3, -0.25) is 0 Å². The molecule has 11 heavy (non-hydrogen) atoms. The molecule has 1 rings (SSSR count). The zero-order valence-corrected chi connectivity index (χ0v) is 8.09. The SMILES string of the molecule is Cc1cc(C)c(N)c(Cl)c1.Cl. The Morgan fingerprint density at radius 3 is 2.27 bits per heavy atom. The van der Waals surface area contributed by atoms with Gasteiger partial charge in [0.25, 0.3) is 0 Å². The van der Waals surface area contributed by atoms with E-state index in [4.69, 9.17) is 17.3 Å². The van der Waals surface area contributed by atoms with E-state index in [-0.39, 0.29) is 12.4 Å². The van der Waals surface area contributed by atoms with Gasteiger partial charge in [0.2, 0.25) is 0 Å². The van der Waals surface area contributed by atoms with E-state index in [1.54, 1.807) is 0 Å². The summed E-state index contributed by atoms with van der Waals surface area (Å²) in [5.41, 5.74) is 8.50. The second-order valence-electron chi connectivity index (χ2n) is 2.48. The maximum absolute atomic E-state index is 5.79. The molecule has 3 heteroatoms. The molecule has 0 unspecified atom stereocenters. The van der Waals surface area contributed by atoms with Crippen LogP contribution in [0.15, 0.2) is 12.1 Å². The Bertz CT molecular complexity index is 235. The van der Waals surface area contributed by atoms with Crippen molar-refractivity contribution in [3.8, 4) is 0 Å². The van der Waals surface area contributed by atoms with Crippen molar-refractivity contribution in [2.75, 3.05) is 5.73 Å². The van der Waals surface area contributed by atoms with E-state index < -0.39 is 0 Å². The average molecular weight is 192 g/mol. The topological polar surface area (TPSA) is 26.0 Å². The quantitative estimate of drug-likeness (QED) is 0.628. The number of nitrogen functional groups attached to an aromatic ring is 1. The summed E-state index contributed by atoms with van der Waals surface area (Å²) in [4.78, 5) is 0. The van der Waals surface area contributed by atoms with Gasteiger partial charge in [0.15, 0.2) is 0 Å². The van der Waals surface area contributed by atoms with Crippen LogP contribution in [0.5, 0.6) is 0 Å². The van der Waals surface area contributed by atoms with Gasteiger partial charge in [0, 0.05) is 0 Å². The summed E-state index contributed by atoms with van der Waals surface area (Å²) in [5.74, 6) is 0. The molecule has 0 saturated heterocycles. The van der Waals surface area contributed by atoms with E-state index in [1.165, 1.54) is 0 Å². The number of aryl methyl sites for hydroxylation is 2. The second kappa shape index (κ2) is 3.84. The molecule has 0 bridgehead atoms. The van der Waals surface area contributed by atoms with Crippen LogP contribution in [0, 0.1) is 13.8 Å². The Morgan fingerprint density at radius 2 is 1.82 bits per heavy atom. The van der Waals surface area contributed by atoms with Gasteiger partial charge in [0.1, 0.15) is 0 Å². The highest BCUT2D eigenvalue weighted by Crippen LogP contribution is 2.23. The first-order valence-electron chi connectivity index (χ1n) is 3.13. The highest BCUT2D eigenvalue weighted by Gasteiger charge is 1.98. The third kappa shape index (κ3) is 2.28. The summed E-state index contributed by atoms with van der Waals surface area (Å²) in [6.07, 6.45) is 0. The number of benzene rings is 1. The molecule has 1 aromatic carbocycles. The fourth-order valence-corrected chi connectivity index (χ4v) is 1.25. The van der Waals surface area contributed by atoms with Gasteiger partial charge in [-0.2, -0.15) is 0 Å². The van der Waals surface area contributed by atoms with Crippen molar-refractivity contribution in [3.63, 3.8) is 0 Å². The van der Waals surface area contributed by atoms with Gasteiger partial charge in [-0.25, -0.2) is 0 Å². The van der Waals surface area contributed by atoms with Crippen LogP contribution in [-0.4, -0.2) is 0 Å². The summed E-state index contributed by atoms with van der Waals surface area (Å²) in [6.45, 7) is 3.95. The Labute approximate surface area is 78.0 Å². The average Bonchev–Trinajstić information content (AvgIpc) is 1.82. The molecule has 1 aromatic rings. The molecule has 0 fully saturated rings. The molecule has 0 aromatic heterocycles. The van der Waals surface area contributed by atoms with Crippen molar-refractivity contribution in [1.82, 2.24) is 0 Å². The molecule has 2 N–H and O–H groups in total. The highest BCUT2D eigenvalue weighted by molar-refractivity contribution is 6.33. The summed E-state index contributed by atoms with van der Waals surface area (Å²) in [7, 11) is 0. The van der Waals surface area contributed by atoms with Crippen LogP contribution < -0.4 is 5.73 Å². The molecular weight excluding hydrogens is 181 g/mol. The van der Waals surface area contributed by atoms with Crippen molar-refractivity contribution in [3.05, 3.63) is 28.3 Å². The standard InChI is InChI=1S/C8H10ClN.ClH/c1-5-3-6(2)8(10)7(9)4-5;/h3-4H,10H2,1-2H3;1H. The van der Waals surface area contributed by atoms with Crippen LogP contribution in [0.4, 0.5) is 5.69 Å². The van der Waals surface area contributed by atoms with Crippen LogP contribution in [-0.2, 0) is 0 Å². The van der Waals surface area contributed by atoms with Crippen molar-refractivity contribution in [1.29, 1.82) is 0 Å². The number of hydrogen-bond acceptors (Lipinski definition) is 1. The van der Waals surface area contributed by atoms with Gasteiger partial charge in [-0.15, -0.1) is 12.4 Å². The minimum absolute atomic E-state index is 0. The van der Waals surface area contributed by atoms with Crippen LogP contribution in [0.25, 0.3) is 0 Å². The lowest BCUT2D eigenvalue weighted by atomic mass is 10.1. The van der Waals surface area contributed by atoms with E-state index in [1.807, 2.05) is 26.0 Å². The Hall–Kier alpha value is -0.400. The molecule has 1 nitrogen and oxygen atoms in total. The van der Waals surface area contributed by atoms with E-state index in [0.29, 0.717) is 10.7 Å². The number of nitrogens with two attached hydrogens (primary N) is 1. The molecule has 0 aliphatic heterocycles. The molecule has 0 aliphatic rings. The Morgan fingerprint density at radius 1 is 1.27 bits per heavy atom. The number of halogens is 2. The maximum Gasteiger partial charge on any atom is 0.0640 e. The molecule has 0 aliphatic carbocycles. The van der Waals surface area contributed by atoms with Gasteiger partial charge in [0.05, 0.1) is 10.7 Å². The molecule has 0 heterocycles. The first kappa shape index (κ1) is 10.6. The van der Waals surface area contributed by atoms with Gasteiger partial charge in [-0.1, -0.05) is 17.7 Å². The minimum atomic E-state index is 0. The monoisotopic (exact) mass is 191 g/mol. The van der Waals surface area contributed by atoms with Crippen LogP contribution >= 0.6 is 24.0 Å². The zero-order chi connectivity index (χ0) is 7.72. The van der Waals surface area contributed by atoms with Crippen molar-refractivity contribution < 1.29 is 0 Å². The van der Waals surface area contributed by atoms with Crippen LogP contribution in [0.3, 0.4) is 0 Å². The molecule has 0 saturated carbocycles. The highest BCUT2D eigenvalue weighted by atomic mass is 35.5. The lowest BCUT2D eigenvalue weighted by molar-refractivity contribution is 1.39. The Kier molecular flexibility index (Phi) is 3.70. The lowest BCUT2D eigenvalue weighted by Gasteiger charge is -2.02. The van der Waals surface area contributed by atoms with E-state index in [0.717, 1.165) is 11.1 Å². The fraction of sp³-hybridized carbons (Fsp3) is 0.250. The lowest BCUT2D eigenvalue weighted by Crippen LogP contribution is -1.90. The van der Waals surface area contributed by atoms with E-state index in [9.17, 15) is 0 Å². The molecule has 0 amide bonds. The minimum Gasteiger partial charge on any atom is -0.397 e. The summed E-state index contributed by atoms with van der Waals surface area (Å²) < 4.78 is 0. The fourth-order valence-electron chi connectivity index (χ4n) is 0.927. The van der Waals surface area contributed by atoms with Crippen LogP contribution in [0.2, 0.25) is 5.02 Å². The van der Waals surface area contributed by atoms with Gasteiger partial charge >= 0.3 is 0 Å². The number of rotatable bonds is 0. The molecule has 0 atom stereocenters. The van der Waals surface area contributed by atoms with Gasteiger partial charge < -0.3 is 5.73 Å². The maximum atomic E-state index is 5.79. The molecule has 62 valence electrons. The van der Waals surface area contributed by atoms with E-state index in [2.05, 4.69) is 0 Å². The molecule has 0 spiro atoms. The second-order valence-corrected chi connectivity index (χ2v) is 2.88. The predicted octanol–water partition coefficient (Wildman–Crippen LogP) is 2.96.